The van der Waals surface area contributed by atoms with Crippen LogP contribution in [0.4, 0.5) is 5.69 Å². The number of anilines is 1. The van der Waals surface area contributed by atoms with Crippen LogP contribution in [0.25, 0.3) is 0 Å². The monoisotopic (exact) mass is 453 g/mol. The van der Waals surface area contributed by atoms with Crippen LogP contribution in [-0.4, -0.2) is 46.7 Å². The van der Waals surface area contributed by atoms with Crippen LogP contribution in [0.1, 0.15) is 31.4 Å². The Morgan fingerprint density at radius 1 is 1.00 bits per heavy atom. The van der Waals surface area contributed by atoms with Crippen molar-refractivity contribution in [3.05, 3.63) is 59.3 Å². The molecule has 1 heterocycles. The molecule has 0 saturated heterocycles. The van der Waals surface area contributed by atoms with E-state index in [9.17, 15) is 9.59 Å². The van der Waals surface area contributed by atoms with Crippen molar-refractivity contribution in [1.29, 1.82) is 0 Å². The van der Waals surface area contributed by atoms with E-state index in [0.717, 1.165) is 22.5 Å². The number of ether oxygens (including phenoxy) is 4. The average molecular weight is 454 g/mol. The lowest BCUT2D eigenvalue weighted by atomic mass is 9.83. The number of fused-ring (bicyclic) bond motifs is 1. The van der Waals surface area contributed by atoms with Gasteiger partial charge in [0.15, 0.2) is 23.9 Å². The van der Waals surface area contributed by atoms with E-state index in [4.69, 9.17) is 18.9 Å². The minimum Gasteiger partial charge on any atom is -0.493 e. The van der Waals surface area contributed by atoms with Gasteiger partial charge in [-0.1, -0.05) is 32.0 Å². The smallest absolute Gasteiger partial charge is 0.306 e. The topological polar surface area (TPSA) is 74.3 Å². The fraction of sp³-hybridized carbons (Fsp3) is 0.385. The molecule has 2 aromatic carbocycles. The van der Waals surface area contributed by atoms with E-state index in [0.29, 0.717) is 23.7 Å². The molecule has 0 N–H and O–H groups in total. The standard InChI is InChI=1S/C26H31NO6/c1-26(2)19-9-7-8-10-20(19)27(3)23(26)15-18(28)16-33-24(29)12-11-17-13-21(30-4)25(32-6)22(14-17)31-5/h7-10,13-15H,11-12,16H2,1-6H3/b23-15+. The minimum atomic E-state index is -0.446. The number of benzene rings is 2. The molecule has 0 bridgehead atoms. The van der Waals surface area contributed by atoms with Crippen molar-refractivity contribution in [3.63, 3.8) is 0 Å². The maximum absolute atomic E-state index is 12.6. The summed E-state index contributed by atoms with van der Waals surface area (Å²) in [6.07, 6.45) is 2.11. The molecule has 0 unspecified atom stereocenters. The van der Waals surface area contributed by atoms with Gasteiger partial charge in [0, 0.05) is 36.3 Å². The molecule has 1 aliphatic rings. The second-order valence-corrected chi connectivity index (χ2v) is 8.39. The Bertz CT molecular complexity index is 1050. The first-order valence-corrected chi connectivity index (χ1v) is 10.8. The molecule has 0 spiro atoms. The lowest BCUT2D eigenvalue weighted by Crippen LogP contribution is -2.25. The van der Waals surface area contributed by atoms with Gasteiger partial charge < -0.3 is 23.8 Å². The van der Waals surface area contributed by atoms with E-state index in [1.54, 1.807) is 18.2 Å². The first-order chi connectivity index (χ1) is 15.7. The van der Waals surface area contributed by atoms with Gasteiger partial charge in [0.1, 0.15) is 0 Å². The number of nitrogens with zero attached hydrogens (tertiary/aromatic N) is 1. The Morgan fingerprint density at radius 3 is 2.21 bits per heavy atom. The number of carbonyl (C=O) groups is 2. The van der Waals surface area contributed by atoms with Crippen LogP contribution in [0.2, 0.25) is 0 Å². The number of aryl methyl sites for hydroxylation is 1. The lowest BCUT2D eigenvalue weighted by molar-refractivity contribution is -0.146. The van der Waals surface area contributed by atoms with Gasteiger partial charge >= 0.3 is 5.97 Å². The van der Waals surface area contributed by atoms with Crippen molar-refractivity contribution in [3.8, 4) is 17.2 Å². The summed E-state index contributed by atoms with van der Waals surface area (Å²) in [5.74, 6) is 0.834. The third kappa shape index (κ3) is 4.97. The summed E-state index contributed by atoms with van der Waals surface area (Å²) >= 11 is 0. The minimum absolute atomic E-state index is 0.124. The van der Waals surface area contributed by atoms with Crippen molar-refractivity contribution in [1.82, 2.24) is 0 Å². The molecule has 0 saturated carbocycles. The fourth-order valence-electron chi connectivity index (χ4n) is 4.20. The molecule has 0 radical (unpaired) electrons. The first kappa shape index (κ1) is 24.2. The molecule has 3 rings (SSSR count). The highest BCUT2D eigenvalue weighted by Gasteiger charge is 2.38. The molecule has 2 aromatic rings. The third-order valence-electron chi connectivity index (χ3n) is 5.96. The summed E-state index contributed by atoms with van der Waals surface area (Å²) in [7, 11) is 6.55. The van der Waals surface area contributed by atoms with E-state index in [2.05, 4.69) is 19.9 Å². The van der Waals surface area contributed by atoms with E-state index >= 15 is 0 Å². The van der Waals surface area contributed by atoms with E-state index < -0.39 is 5.97 Å². The molecule has 0 amide bonds. The van der Waals surface area contributed by atoms with Gasteiger partial charge in [0.2, 0.25) is 5.75 Å². The number of esters is 1. The van der Waals surface area contributed by atoms with Crippen LogP contribution in [0, 0.1) is 0 Å². The number of hydrogen-bond donors (Lipinski definition) is 0. The number of para-hydroxylation sites is 1. The Kier molecular flexibility index (Phi) is 7.31. The highest BCUT2D eigenvalue weighted by Crippen LogP contribution is 2.46. The van der Waals surface area contributed by atoms with Gasteiger partial charge in [-0.05, 0) is 35.7 Å². The van der Waals surface area contributed by atoms with Crippen molar-refractivity contribution in [2.45, 2.75) is 32.1 Å². The molecule has 0 aromatic heterocycles. The maximum Gasteiger partial charge on any atom is 0.306 e. The first-order valence-electron chi connectivity index (χ1n) is 10.8. The molecule has 7 heteroatoms. The summed E-state index contributed by atoms with van der Waals surface area (Å²) in [6.45, 7) is 3.87. The van der Waals surface area contributed by atoms with E-state index in [1.165, 1.54) is 21.3 Å². The summed E-state index contributed by atoms with van der Waals surface area (Å²) in [5.41, 5.74) is 3.64. The van der Waals surface area contributed by atoms with Crippen LogP contribution < -0.4 is 19.1 Å². The number of carbonyl (C=O) groups excluding carboxylic acids is 2. The molecule has 0 fully saturated rings. The van der Waals surface area contributed by atoms with Crippen LogP contribution in [0.5, 0.6) is 17.2 Å². The Hall–Kier alpha value is -3.48. The molecule has 0 aliphatic carbocycles. The number of allylic oxidation sites excluding steroid dienone is 1. The second kappa shape index (κ2) is 9.98. The predicted octanol–water partition coefficient (Wildman–Crippen LogP) is 4.07. The number of ketones is 1. The molecule has 1 aliphatic heterocycles. The van der Waals surface area contributed by atoms with E-state index in [-0.39, 0.29) is 24.2 Å². The Labute approximate surface area is 194 Å². The van der Waals surface area contributed by atoms with Gasteiger partial charge in [0.05, 0.1) is 21.3 Å². The van der Waals surface area contributed by atoms with Gasteiger partial charge in [-0.2, -0.15) is 0 Å². The zero-order valence-corrected chi connectivity index (χ0v) is 20.1. The van der Waals surface area contributed by atoms with Gasteiger partial charge in [-0.25, -0.2) is 0 Å². The second-order valence-electron chi connectivity index (χ2n) is 8.39. The maximum atomic E-state index is 12.6. The molecular formula is C26H31NO6. The SMILES string of the molecule is COc1cc(CCC(=O)OCC(=O)/C=C2/N(C)c3ccccc3C2(C)C)cc(OC)c1OC. The fourth-order valence-corrected chi connectivity index (χ4v) is 4.20. The highest BCUT2D eigenvalue weighted by molar-refractivity contribution is 5.94. The van der Waals surface area contributed by atoms with Crippen LogP contribution >= 0.6 is 0 Å². The quantitative estimate of drug-likeness (QED) is 0.419. The summed E-state index contributed by atoms with van der Waals surface area (Å²) < 4.78 is 21.2. The predicted molar refractivity (Wildman–Crippen MR) is 126 cm³/mol. The number of hydrogen-bond acceptors (Lipinski definition) is 7. The van der Waals surface area contributed by atoms with Crippen molar-refractivity contribution < 1.29 is 28.5 Å². The zero-order valence-electron chi connectivity index (χ0n) is 20.1. The largest absolute Gasteiger partial charge is 0.493 e. The van der Waals surface area contributed by atoms with Crippen LogP contribution in [0.3, 0.4) is 0 Å². The third-order valence-corrected chi connectivity index (χ3v) is 5.96. The van der Waals surface area contributed by atoms with Crippen molar-refractivity contribution in [2.24, 2.45) is 0 Å². The van der Waals surface area contributed by atoms with Crippen LogP contribution in [-0.2, 0) is 26.2 Å². The number of likely N-dealkylation sites (N-methyl/N-ethyl adjacent to an activating group) is 1. The van der Waals surface area contributed by atoms with Gasteiger partial charge in [-0.15, -0.1) is 0 Å². The van der Waals surface area contributed by atoms with Crippen molar-refractivity contribution in [2.75, 3.05) is 39.9 Å². The van der Waals surface area contributed by atoms with E-state index in [1.807, 2.05) is 30.1 Å². The van der Waals surface area contributed by atoms with Gasteiger partial charge in [0.25, 0.3) is 0 Å². The highest BCUT2D eigenvalue weighted by atomic mass is 16.5. The lowest BCUT2D eigenvalue weighted by Gasteiger charge is -2.23. The Morgan fingerprint density at radius 2 is 1.64 bits per heavy atom. The molecule has 176 valence electrons. The molecule has 7 nitrogen and oxygen atoms in total. The van der Waals surface area contributed by atoms with Gasteiger partial charge in [-0.3, -0.25) is 9.59 Å². The Balaban J connectivity index is 1.59. The van der Waals surface area contributed by atoms with Crippen LogP contribution in [0.15, 0.2) is 48.2 Å². The number of rotatable bonds is 9. The summed E-state index contributed by atoms with van der Waals surface area (Å²) in [4.78, 5) is 26.9. The molecule has 0 atom stereocenters. The number of methoxy groups -OCH3 is 3. The summed E-state index contributed by atoms with van der Waals surface area (Å²) in [6, 6.07) is 11.7. The molecule has 33 heavy (non-hydrogen) atoms. The zero-order chi connectivity index (χ0) is 24.2. The molecular weight excluding hydrogens is 422 g/mol. The summed E-state index contributed by atoms with van der Waals surface area (Å²) in [5, 5.41) is 0. The normalized spacial score (nSPS) is 15.2. The van der Waals surface area contributed by atoms with Crippen molar-refractivity contribution >= 4 is 17.4 Å². The average Bonchev–Trinajstić information content (AvgIpc) is 3.01.